The molecule has 1 aliphatic carbocycles. The normalized spacial score (nSPS) is 12.9. The van der Waals surface area contributed by atoms with Crippen molar-refractivity contribution in [2.75, 3.05) is 0 Å². The molecular formula is C44H28ClN3. The average Bonchev–Trinajstić information content (AvgIpc) is 3.46. The molecule has 8 aromatic rings. The number of benzene rings is 7. The van der Waals surface area contributed by atoms with Crippen LogP contribution in [0.3, 0.4) is 0 Å². The number of rotatable bonds is 5. The van der Waals surface area contributed by atoms with E-state index in [1.54, 1.807) is 0 Å². The molecule has 1 heterocycles. The first-order valence-corrected chi connectivity index (χ1v) is 16.5. The van der Waals surface area contributed by atoms with Crippen LogP contribution in [-0.4, -0.2) is 15.0 Å². The molecule has 0 unspecified atom stereocenters. The highest BCUT2D eigenvalue weighted by atomic mass is 35.5. The summed E-state index contributed by atoms with van der Waals surface area (Å²) in [7, 11) is 0. The quantitative estimate of drug-likeness (QED) is 0.189. The van der Waals surface area contributed by atoms with Gasteiger partial charge >= 0.3 is 0 Å². The van der Waals surface area contributed by atoms with Gasteiger partial charge in [0.2, 0.25) is 5.28 Å². The number of fused-ring (bicyclic) bond motifs is 4. The number of hydrogen-bond donors (Lipinski definition) is 0. The predicted octanol–water partition coefficient (Wildman–Crippen LogP) is 11.0. The zero-order chi connectivity index (χ0) is 32.1. The van der Waals surface area contributed by atoms with Gasteiger partial charge in [-0.1, -0.05) is 170 Å². The van der Waals surface area contributed by atoms with Crippen LogP contribution in [-0.2, 0) is 5.41 Å². The summed E-state index contributed by atoms with van der Waals surface area (Å²) in [6.45, 7) is 0. The van der Waals surface area contributed by atoms with E-state index >= 15 is 0 Å². The second kappa shape index (κ2) is 11.4. The summed E-state index contributed by atoms with van der Waals surface area (Å²) in [5, 5.41) is 2.51. The summed E-state index contributed by atoms with van der Waals surface area (Å²) in [5.74, 6) is 1.08. The van der Waals surface area contributed by atoms with Gasteiger partial charge in [-0.25, -0.2) is 4.98 Å². The van der Waals surface area contributed by atoms with Crippen LogP contribution in [0.1, 0.15) is 22.3 Å². The van der Waals surface area contributed by atoms with Gasteiger partial charge in [-0.3, -0.25) is 0 Å². The molecule has 9 rings (SSSR count). The molecule has 7 aromatic carbocycles. The van der Waals surface area contributed by atoms with Crippen LogP contribution < -0.4 is 0 Å². The lowest BCUT2D eigenvalue weighted by molar-refractivity contribution is 0.768. The van der Waals surface area contributed by atoms with E-state index in [0.717, 1.165) is 33.4 Å². The molecule has 0 saturated heterocycles. The first kappa shape index (κ1) is 28.3. The molecule has 0 saturated carbocycles. The summed E-state index contributed by atoms with van der Waals surface area (Å²) < 4.78 is 0. The lowest BCUT2D eigenvalue weighted by Crippen LogP contribution is -2.28. The molecule has 0 spiro atoms. The van der Waals surface area contributed by atoms with Crippen molar-refractivity contribution in [2.24, 2.45) is 0 Å². The summed E-state index contributed by atoms with van der Waals surface area (Å²) in [5.41, 5.74) is 10.5. The summed E-state index contributed by atoms with van der Waals surface area (Å²) in [4.78, 5) is 14.6. The molecule has 48 heavy (non-hydrogen) atoms. The molecule has 3 nitrogen and oxygen atoms in total. The Morgan fingerprint density at radius 2 is 0.875 bits per heavy atom. The van der Waals surface area contributed by atoms with Gasteiger partial charge in [0.25, 0.3) is 0 Å². The van der Waals surface area contributed by atoms with E-state index in [0.29, 0.717) is 11.6 Å². The van der Waals surface area contributed by atoms with Crippen LogP contribution >= 0.6 is 11.6 Å². The molecule has 4 heteroatoms. The Morgan fingerprint density at radius 1 is 0.375 bits per heavy atom. The maximum Gasteiger partial charge on any atom is 0.226 e. The predicted molar refractivity (Wildman–Crippen MR) is 196 cm³/mol. The van der Waals surface area contributed by atoms with Crippen molar-refractivity contribution in [3.05, 3.63) is 197 Å². The fraction of sp³-hybridized carbons (Fsp3) is 0.0227. The molecule has 0 N–H and O–H groups in total. The highest BCUT2D eigenvalue weighted by Crippen LogP contribution is 2.58. The SMILES string of the molecule is Clc1nc(-c2ccccc2-c2cccc3ccccc23)nc(-c2cccc3c2-c2ccccc2C3(c2ccccc2)c2ccccc2)n1. The fourth-order valence-electron chi connectivity index (χ4n) is 7.64. The first-order valence-electron chi connectivity index (χ1n) is 16.1. The van der Waals surface area contributed by atoms with E-state index in [1.807, 2.05) is 6.07 Å². The lowest BCUT2D eigenvalue weighted by Gasteiger charge is -2.33. The minimum Gasteiger partial charge on any atom is -0.208 e. The summed E-state index contributed by atoms with van der Waals surface area (Å²) in [6.07, 6.45) is 0. The second-order valence-electron chi connectivity index (χ2n) is 12.1. The molecule has 0 bridgehead atoms. The highest BCUT2D eigenvalue weighted by molar-refractivity contribution is 6.28. The Morgan fingerprint density at radius 3 is 1.62 bits per heavy atom. The van der Waals surface area contributed by atoms with E-state index in [2.05, 4.69) is 164 Å². The topological polar surface area (TPSA) is 38.7 Å². The van der Waals surface area contributed by atoms with E-state index in [1.165, 1.54) is 33.0 Å². The third kappa shape index (κ3) is 4.32. The Balaban J connectivity index is 1.29. The maximum absolute atomic E-state index is 6.78. The van der Waals surface area contributed by atoms with E-state index in [4.69, 9.17) is 26.6 Å². The number of halogens is 1. The van der Waals surface area contributed by atoms with Gasteiger partial charge in [-0.2, -0.15) is 9.97 Å². The molecule has 0 aliphatic heterocycles. The number of aromatic nitrogens is 3. The van der Waals surface area contributed by atoms with Crippen LogP contribution in [0.2, 0.25) is 5.28 Å². The standard InChI is InChI=1S/C44H28ClN3/c45-43-47-41(35-23-10-9-22-34(35)33-25-13-16-29-15-7-8-21-32(29)33)46-42(48-43)37-26-14-28-39-40(37)36-24-11-12-27-38(36)44(39,30-17-3-1-4-18-30)31-19-5-2-6-20-31/h1-28H. The van der Waals surface area contributed by atoms with Crippen molar-refractivity contribution in [3.63, 3.8) is 0 Å². The highest BCUT2D eigenvalue weighted by Gasteiger charge is 2.46. The van der Waals surface area contributed by atoms with E-state index < -0.39 is 5.41 Å². The van der Waals surface area contributed by atoms with Crippen LogP contribution in [0.4, 0.5) is 0 Å². The average molecular weight is 634 g/mol. The Bertz CT molecular complexity index is 2430. The van der Waals surface area contributed by atoms with Crippen LogP contribution in [0.25, 0.3) is 55.8 Å². The molecular weight excluding hydrogens is 606 g/mol. The van der Waals surface area contributed by atoms with Crippen LogP contribution in [0, 0.1) is 0 Å². The van der Waals surface area contributed by atoms with Gasteiger partial charge in [0.05, 0.1) is 5.41 Å². The van der Waals surface area contributed by atoms with Gasteiger partial charge in [0.15, 0.2) is 11.6 Å². The third-order valence-corrected chi connectivity index (χ3v) is 9.75. The molecule has 0 radical (unpaired) electrons. The van der Waals surface area contributed by atoms with Gasteiger partial charge < -0.3 is 0 Å². The minimum atomic E-state index is -0.523. The van der Waals surface area contributed by atoms with Gasteiger partial charge in [0, 0.05) is 11.1 Å². The number of hydrogen-bond acceptors (Lipinski definition) is 3. The van der Waals surface area contributed by atoms with Gasteiger partial charge in [-0.05, 0) is 66.9 Å². The molecule has 1 aromatic heterocycles. The van der Waals surface area contributed by atoms with E-state index in [-0.39, 0.29) is 5.28 Å². The Kier molecular flexibility index (Phi) is 6.74. The monoisotopic (exact) mass is 633 g/mol. The van der Waals surface area contributed by atoms with Crippen molar-refractivity contribution >= 4 is 22.4 Å². The molecule has 0 fully saturated rings. The summed E-state index contributed by atoms with van der Waals surface area (Å²) in [6, 6.07) is 59.8. The molecule has 0 amide bonds. The Hall–Kier alpha value is -5.90. The molecule has 1 aliphatic rings. The first-order chi connectivity index (χ1) is 23.7. The zero-order valence-corrected chi connectivity index (χ0v) is 26.6. The smallest absolute Gasteiger partial charge is 0.208 e. The fourth-order valence-corrected chi connectivity index (χ4v) is 7.80. The molecule has 226 valence electrons. The van der Waals surface area contributed by atoms with Crippen LogP contribution in [0.5, 0.6) is 0 Å². The largest absolute Gasteiger partial charge is 0.226 e. The van der Waals surface area contributed by atoms with Gasteiger partial charge in [0.1, 0.15) is 0 Å². The Labute approximate surface area is 284 Å². The van der Waals surface area contributed by atoms with Crippen molar-refractivity contribution in [3.8, 4) is 45.0 Å². The van der Waals surface area contributed by atoms with Crippen LogP contribution in [0.15, 0.2) is 170 Å². The molecule has 0 atom stereocenters. The van der Waals surface area contributed by atoms with Crippen molar-refractivity contribution in [2.45, 2.75) is 5.41 Å². The lowest BCUT2D eigenvalue weighted by atomic mass is 9.67. The van der Waals surface area contributed by atoms with Crippen molar-refractivity contribution in [1.82, 2.24) is 15.0 Å². The third-order valence-electron chi connectivity index (χ3n) is 9.58. The maximum atomic E-state index is 6.78. The minimum absolute atomic E-state index is 0.156. The van der Waals surface area contributed by atoms with Gasteiger partial charge in [-0.15, -0.1) is 0 Å². The number of nitrogens with zero attached hydrogens (tertiary/aromatic N) is 3. The zero-order valence-electron chi connectivity index (χ0n) is 25.9. The van der Waals surface area contributed by atoms with E-state index in [9.17, 15) is 0 Å². The van der Waals surface area contributed by atoms with Crippen molar-refractivity contribution < 1.29 is 0 Å². The van der Waals surface area contributed by atoms with Crippen molar-refractivity contribution in [1.29, 1.82) is 0 Å². The second-order valence-corrected chi connectivity index (χ2v) is 12.4. The summed E-state index contributed by atoms with van der Waals surface area (Å²) >= 11 is 6.78.